The van der Waals surface area contributed by atoms with Crippen LogP contribution in [-0.2, 0) is 43.7 Å². The van der Waals surface area contributed by atoms with Crippen molar-refractivity contribution in [1.82, 2.24) is 0 Å². The van der Waals surface area contributed by atoms with Crippen molar-refractivity contribution in [1.29, 1.82) is 0 Å². The molecule has 0 aromatic carbocycles. The smallest absolute Gasteiger partial charge is 1.00 e. The normalized spacial score (nSPS) is 7.25. The largest absolute Gasteiger partial charge is 2.00 e. The van der Waals surface area contributed by atoms with E-state index < -0.39 is 10.4 Å². The van der Waals surface area contributed by atoms with E-state index in [2.05, 4.69) is 0 Å². The second kappa shape index (κ2) is 8.64. The van der Waals surface area contributed by atoms with E-state index in [-0.39, 0.29) is 59.2 Å². The maximum Gasteiger partial charge on any atom is 2.00 e. The average Bonchev–Trinajstić information content (AvgIpc) is 0.722. The maximum absolute atomic E-state index is 8.74. The van der Waals surface area contributed by atoms with Crippen LogP contribution in [0, 0.1) is 0 Å². The maximum atomic E-state index is 8.74. The number of hydrogen-bond donors (Lipinski definition) is 2. The molecule has 2 N–H and O–H groups in total. The first-order valence-electron chi connectivity index (χ1n) is 0.698. The van der Waals surface area contributed by atoms with Crippen LogP contribution in [0.3, 0.4) is 0 Å². The number of hydrogen-bond acceptors (Lipinski definition) is 2. The molecule has 0 bridgehead atoms. The Morgan fingerprint density at radius 2 is 1.25 bits per heavy atom. The molecule has 0 rings (SSSR count). The molecule has 0 saturated carbocycles. The van der Waals surface area contributed by atoms with Gasteiger partial charge in [0.15, 0.2) is 0 Å². The first kappa shape index (κ1) is 22.6. The van der Waals surface area contributed by atoms with Crippen molar-refractivity contribution in [2.75, 3.05) is 0 Å². The Hall–Kier alpha value is 1.64. The van der Waals surface area contributed by atoms with Crippen LogP contribution in [0.5, 0.6) is 0 Å². The van der Waals surface area contributed by atoms with Gasteiger partial charge in [-0.3, -0.25) is 9.11 Å². The van der Waals surface area contributed by atoms with Gasteiger partial charge in [-0.05, 0) is 0 Å². The van der Waals surface area contributed by atoms with E-state index in [0.29, 0.717) is 0 Å². The Kier molecular flexibility index (Phi) is 24.4. The predicted octanol–water partition coefficient (Wildman–Crippen LogP) is -0.814. The van der Waals surface area contributed by atoms with Crippen molar-refractivity contribution in [3.05, 3.63) is 0 Å². The average molecular weight is 242 g/mol. The molecule has 0 heterocycles. The molecule has 0 unspecified atom stereocenters. The van der Waals surface area contributed by atoms with E-state index >= 15 is 0 Å². The third-order valence-electron chi connectivity index (χ3n) is 0. The van der Waals surface area contributed by atoms with E-state index in [1.807, 2.05) is 0 Å². The van der Waals surface area contributed by atoms with Crippen LogP contribution in [0.25, 0.3) is 0 Å². The van der Waals surface area contributed by atoms with Crippen LogP contribution in [0.4, 0.5) is 0 Å². The Balaban J connectivity index is -0.00000000800. The summed E-state index contributed by atoms with van der Waals surface area (Å²) >= 11 is 0. The summed E-state index contributed by atoms with van der Waals surface area (Å²) in [5.74, 6) is 0. The fourth-order valence-electron chi connectivity index (χ4n) is 0. The minimum Gasteiger partial charge on any atom is -1.00 e. The number of rotatable bonds is 0. The molecular formula is H4CoMgNiO4S. The van der Waals surface area contributed by atoms with Gasteiger partial charge in [-0.1, -0.05) is 0 Å². The summed E-state index contributed by atoms with van der Waals surface area (Å²) in [5, 5.41) is 0. The zero-order chi connectivity index (χ0) is 4.50. The fourth-order valence-corrected chi connectivity index (χ4v) is 0. The molecule has 1 radical (unpaired) electrons. The first-order chi connectivity index (χ1) is 2.00. The summed E-state index contributed by atoms with van der Waals surface area (Å²) in [6.07, 6.45) is 0. The van der Waals surface area contributed by atoms with Gasteiger partial charge >= 0.3 is 33.5 Å². The summed E-state index contributed by atoms with van der Waals surface area (Å²) in [6, 6.07) is 0. The second-order valence-electron chi connectivity index (χ2n) is 0.448. The summed E-state index contributed by atoms with van der Waals surface area (Å²) in [6.45, 7) is 0. The van der Waals surface area contributed by atoms with E-state index in [1.165, 1.54) is 0 Å². The van der Waals surface area contributed by atoms with Gasteiger partial charge in [-0.25, -0.2) is 0 Å². The first-order valence-corrected chi connectivity index (χ1v) is 2.10. The summed E-state index contributed by atoms with van der Waals surface area (Å²) < 4.78 is 31.6. The minimum absolute atomic E-state index is 0. The topological polar surface area (TPSA) is 74.6 Å². The molecule has 0 aliphatic heterocycles. The molecule has 0 spiro atoms. The summed E-state index contributed by atoms with van der Waals surface area (Å²) in [7, 11) is -4.67. The minimum atomic E-state index is -4.67. The van der Waals surface area contributed by atoms with E-state index in [1.54, 1.807) is 0 Å². The molecule has 0 amide bonds. The van der Waals surface area contributed by atoms with E-state index in [9.17, 15) is 0 Å². The van der Waals surface area contributed by atoms with Crippen molar-refractivity contribution in [3.8, 4) is 0 Å². The van der Waals surface area contributed by atoms with E-state index in [4.69, 9.17) is 17.5 Å². The van der Waals surface area contributed by atoms with Gasteiger partial charge in [-0.2, -0.15) is 8.42 Å². The predicted molar refractivity (Wildman–Crippen MR) is 22.2 cm³/mol. The Labute approximate surface area is 86.6 Å². The Morgan fingerprint density at radius 3 is 1.25 bits per heavy atom. The molecular weight excluding hydrogens is 238 g/mol. The van der Waals surface area contributed by atoms with Gasteiger partial charge in [0.2, 0.25) is 0 Å². The molecule has 8 heavy (non-hydrogen) atoms. The Morgan fingerprint density at radius 1 is 1.25 bits per heavy atom. The van der Waals surface area contributed by atoms with Crippen molar-refractivity contribution in [3.63, 3.8) is 0 Å². The van der Waals surface area contributed by atoms with Gasteiger partial charge in [0, 0.05) is 33.3 Å². The van der Waals surface area contributed by atoms with Crippen LogP contribution >= 0.6 is 0 Å². The van der Waals surface area contributed by atoms with Gasteiger partial charge in [0.25, 0.3) is 0 Å². The van der Waals surface area contributed by atoms with E-state index in [0.717, 1.165) is 0 Å². The fraction of sp³-hybridized carbons (Fsp3) is 0. The molecule has 0 fully saturated rings. The van der Waals surface area contributed by atoms with Crippen LogP contribution < -0.4 is 0 Å². The third-order valence-corrected chi connectivity index (χ3v) is 0. The van der Waals surface area contributed by atoms with Crippen molar-refractivity contribution >= 4 is 33.5 Å². The van der Waals surface area contributed by atoms with Gasteiger partial charge in [0.05, 0.1) is 0 Å². The standard InChI is InChI=1S/Co.Mg.Ni.H2O4S.2H/c;;;1-5(2,3)4;;/h;;;(H2,1,2,3,4);;/q;+2;;;2*-1. The molecule has 0 atom stereocenters. The van der Waals surface area contributed by atoms with Crippen molar-refractivity contribution < 1.29 is 53.6 Å². The molecule has 0 aliphatic carbocycles. The van der Waals surface area contributed by atoms with Gasteiger partial charge in [-0.15, -0.1) is 0 Å². The molecule has 55 valence electrons. The van der Waals surface area contributed by atoms with Gasteiger partial charge < -0.3 is 2.85 Å². The molecule has 4 nitrogen and oxygen atoms in total. The molecule has 8 heteroatoms. The van der Waals surface area contributed by atoms with Crippen LogP contribution in [0.15, 0.2) is 0 Å². The monoisotopic (exact) mass is 241 g/mol. The van der Waals surface area contributed by atoms with Crippen LogP contribution in [0.2, 0.25) is 0 Å². The quantitative estimate of drug-likeness (QED) is 0.430. The summed E-state index contributed by atoms with van der Waals surface area (Å²) in [4.78, 5) is 0. The summed E-state index contributed by atoms with van der Waals surface area (Å²) in [5.41, 5.74) is 0. The molecule has 0 aliphatic rings. The van der Waals surface area contributed by atoms with Crippen LogP contribution in [-0.4, -0.2) is 40.6 Å². The zero-order valence-electron chi connectivity index (χ0n) is 5.48. The SMILES string of the molecule is O=S(=O)(O)O.[Co].[H-].[H-].[Mg+2].[Ni]. The molecule has 0 saturated heterocycles. The van der Waals surface area contributed by atoms with Crippen molar-refractivity contribution in [2.45, 2.75) is 0 Å². The van der Waals surface area contributed by atoms with Gasteiger partial charge in [0.1, 0.15) is 0 Å². The molecule has 0 aromatic heterocycles. The van der Waals surface area contributed by atoms with Crippen molar-refractivity contribution in [2.24, 2.45) is 0 Å². The second-order valence-corrected chi connectivity index (χ2v) is 1.34. The Bertz CT molecular complexity index is 106. The van der Waals surface area contributed by atoms with Crippen LogP contribution in [0.1, 0.15) is 2.85 Å². The molecule has 0 aromatic rings. The third kappa shape index (κ3) is 126. The zero-order valence-corrected chi connectivity index (χ0v) is 7.74.